The second-order valence-corrected chi connectivity index (χ2v) is 9.25. The van der Waals surface area contributed by atoms with E-state index in [0.29, 0.717) is 24.2 Å². The molecule has 1 aromatic heterocycles. The molecule has 0 radical (unpaired) electrons. The fourth-order valence-electron chi connectivity index (χ4n) is 3.47. The lowest BCUT2D eigenvalue weighted by atomic mass is 10.1. The van der Waals surface area contributed by atoms with E-state index in [1.165, 1.54) is 17.3 Å². The van der Waals surface area contributed by atoms with Crippen LogP contribution in [0.3, 0.4) is 0 Å². The van der Waals surface area contributed by atoms with Crippen LogP contribution in [-0.2, 0) is 14.8 Å². The summed E-state index contributed by atoms with van der Waals surface area (Å²) in [6, 6.07) is 6.94. The predicted octanol–water partition coefficient (Wildman–Crippen LogP) is 2.59. The van der Waals surface area contributed by atoms with E-state index in [2.05, 4.69) is 15.3 Å². The monoisotopic (exact) mass is 418 g/mol. The molecule has 2 aromatic rings. The lowest BCUT2D eigenvalue weighted by molar-refractivity contribution is -0.114. The number of nitrogens with one attached hydrogen (secondary N) is 1. The zero-order valence-electron chi connectivity index (χ0n) is 17.1. The van der Waals surface area contributed by atoms with Crippen molar-refractivity contribution in [3.63, 3.8) is 0 Å². The molecule has 0 saturated carbocycles. The second-order valence-electron chi connectivity index (χ2n) is 7.34. The number of carbonyl (C=O) groups is 1. The Labute approximate surface area is 171 Å². The topological polar surface area (TPSA) is 101 Å². The Morgan fingerprint density at radius 1 is 1.17 bits per heavy atom. The third kappa shape index (κ3) is 5.10. The summed E-state index contributed by atoms with van der Waals surface area (Å²) < 4.78 is 33.7. The first kappa shape index (κ1) is 21.2. The molecule has 3 rings (SSSR count). The first-order chi connectivity index (χ1) is 13.6. The first-order valence-corrected chi connectivity index (χ1v) is 11.0. The smallest absolute Gasteiger partial charge is 0.317 e. The minimum atomic E-state index is -3.68. The molecule has 1 aromatic carbocycles. The van der Waals surface area contributed by atoms with E-state index in [-0.39, 0.29) is 29.5 Å². The van der Waals surface area contributed by atoms with Gasteiger partial charge >= 0.3 is 6.01 Å². The highest BCUT2D eigenvalue weighted by molar-refractivity contribution is 7.89. The van der Waals surface area contributed by atoms with E-state index in [1.54, 1.807) is 19.1 Å². The normalized spacial score (nSPS) is 17.7. The van der Waals surface area contributed by atoms with Crippen LogP contribution in [0.5, 0.6) is 6.01 Å². The molecule has 0 unspecified atom stereocenters. The number of sulfonamides is 1. The second kappa shape index (κ2) is 8.46. The fourth-order valence-corrected chi connectivity index (χ4v) is 5.19. The van der Waals surface area contributed by atoms with Crippen LogP contribution in [0, 0.1) is 20.8 Å². The molecule has 0 bridgehead atoms. The summed E-state index contributed by atoms with van der Waals surface area (Å²) in [6.45, 7) is 7.54. The van der Waals surface area contributed by atoms with Crippen LogP contribution in [0.2, 0.25) is 0 Å². The average molecular weight is 419 g/mol. The van der Waals surface area contributed by atoms with Gasteiger partial charge < -0.3 is 10.1 Å². The number of anilines is 1. The summed E-state index contributed by atoms with van der Waals surface area (Å²) in [7, 11) is -3.68. The number of carbonyl (C=O) groups excluding carboxylic acids is 1. The van der Waals surface area contributed by atoms with Gasteiger partial charge in [0.25, 0.3) is 0 Å². The number of rotatable bonds is 5. The lowest BCUT2D eigenvalue weighted by Crippen LogP contribution is -2.44. The average Bonchev–Trinajstić information content (AvgIpc) is 2.60. The van der Waals surface area contributed by atoms with Crippen LogP contribution in [0.25, 0.3) is 0 Å². The SMILES string of the molecule is CC(=O)Nc1ccc(S(=O)(=O)N2CCC[C@@H](Oc3nc(C)cc(C)n3)C2)c(C)c1. The van der Waals surface area contributed by atoms with Crippen molar-refractivity contribution in [1.82, 2.24) is 14.3 Å². The molecular formula is C20H26N4O4S. The van der Waals surface area contributed by atoms with E-state index >= 15 is 0 Å². The van der Waals surface area contributed by atoms with Gasteiger partial charge in [-0.3, -0.25) is 4.79 Å². The van der Waals surface area contributed by atoms with Crippen molar-refractivity contribution in [1.29, 1.82) is 0 Å². The molecule has 1 atom stereocenters. The quantitative estimate of drug-likeness (QED) is 0.801. The Kier molecular flexibility index (Phi) is 6.18. The zero-order valence-corrected chi connectivity index (χ0v) is 17.9. The Balaban J connectivity index is 1.77. The van der Waals surface area contributed by atoms with Crippen LogP contribution in [0.4, 0.5) is 5.69 Å². The third-order valence-corrected chi connectivity index (χ3v) is 6.71. The zero-order chi connectivity index (χ0) is 21.2. The molecule has 0 aliphatic carbocycles. The maximum absolute atomic E-state index is 13.2. The molecule has 156 valence electrons. The van der Waals surface area contributed by atoms with Crippen molar-refractivity contribution in [3.8, 4) is 6.01 Å². The van der Waals surface area contributed by atoms with E-state index in [9.17, 15) is 13.2 Å². The van der Waals surface area contributed by atoms with Crippen LogP contribution in [-0.4, -0.2) is 47.8 Å². The Morgan fingerprint density at radius 2 is 1.86 bits per heavy atom. The number of hydrogen-bond donors (Lipinski definition) is 1. The summed E-state index contributed by atoms with van der Waals surface area (Å²) in [4.78, 5) is 20.0. The first-order valence-electron chi connectivity index (χ1n) is 9.52. The van der Waals surface area contributed by atoms with Crippen molar-refractivity contribution in [2.75, 3.05) is 18.4 Å². The number of hydrogen-bond acceptors (Lipinski definition) is 6. The van der Waals surface area contributed by atoms with Crippen molar-refractivity contribution in [2.45, 2.75) is 51.5 Å². The summed E-state index contributed by atoms with van der Waals surface area (Å²) in [5.41, 5.74) is 2.77. The van der Waals surface area contributed by atoms with Gasteiger partial charge in [0.1, 0.15) is 6.10 Å². The van der Waals surface area contributed by atoms with Crippen molar-refractivity contribution in [3.05, 3.63) is 41.2 Å². The van der Waals surface area contributed by atoms with Gasteiger partial charge in [0.05, 0.1) is 11.4 Å². The fraction of sp³-hybridized carbons (Fsp3) is 0.450. The van der Waals surface area contributed by atoms with Gasteiger partial charge in [-0.1, -0.05) is 0 Å². The molecule has 2 heterocycles. The number of aromatic nitrogens is 2. The van der Waals surface area contributed by atoms with Gasteiger partial charge in [0.15, 0.2) is 0 Å². The van der Waals surface area contributed by atoms with Crippen LogP contribution in [0.15, 0.2) is 29.2 Å². The van der Waals surface area contributed by atoms with E-state index in [0.717, 1.165) is 17.8 Å². The molecule has 1 N–H and O–H groups in total. The molecule has 1 amide bonds. The number of amides is 1. The molecule has 29 heavy (non-hydrogen) atoms. The molecule has 1 aliphatic heterocycles. The summed E-state index contributed by atoms with van der Waals surface area (Å²) in [5, 5.41) is 2.67. The number of benzene rings is 1. The molecule has 8 nitrogen and oxygen atoms in total. The molecule has 1 aliphatic rings. The summed E-state index contributed by atoms with van der Waals surface area (Å²) >= 11 is 0. The van der Waals surface area contributed by atoms with Crippen LogP contribution >= 0.6 is 0 Å². The summed E-state index contributed by atoms with van der Waals surface area (Å²) in [5.74, 6) is -0.204. The largest absolute Gasteiger partial charge is 0.459 e. The van der Waals surface area contributed by atoms with Crippen molar-refractivity contribution >= 4 is 21.6 Å². The van der Waals surface area contributed by atoms with E-state index in [4.69, 9.17) is 4.74 Å². The standard InChI is InChI=1S/C20H26N4O4S/c1-13-10-17(23-16(4)25)7-8-19(13)29(26,27)24-9-5-6-18(12-24)28-20-21-14(2)11-15(3)22-20/h7-8,10-11,18H,5-6,9,12H2,1-4H3,(H,23,25)/t18-/m1/s1. The molecule has 1 fully saturated rings. The highest BCUT2D eigenvalue weighted by Gasteiger charge is 2.32. The summed E-state index contributed by atoms with van der Waals surface area (Å²) in [6.07, 6.45) is 1.12. The minimum Gasteiger partial charge on any atom is -0.459 e. The highest BCUT2D eigenvalue weighted by atomic mass is 32.2. The number of ether oxygens (including phenoxy) is 1. The van der Waals surface area contributed by atoms with Crippen molar-refractivity contribution < 1.29 is 17.9 Å². The Bertz CT molecular complexity index is 1000. The van der Waals surface area contributed by atoms with E-state index < -0.39 is 10.0 Å². The molecular weight excluding hydrogens is 392 g/mol. The maximum atomic E-state index is 13.2. The Hall–Kier alpha value is -2.52. The van der Waals surface area contributed by atoms with Gasteiger partial charge in [0, 0.05) is 30.5 Å². The lowest BCUT2D eigenvalue weighted by Gasteiger charge is -2.32. The third-order valence-electron chi connectivity index (χ3n) is 4.69. The molecule has 9 heteroatoms. The van der Waals surface area contributed by atoms with Gasteiger partial charge in [0.2, 0.25) is 15.9 Å². The number of nitrogens with zero attached hydrogens (tertiary/aromatic N) is 3. The maximum Gasteiger partial charge on any atom is 0.317 e. The molecule has 0 spiro atoms. The van der Waals surface area contributed by atoms with E-state index in [1.807, 2.05) is 19.9 Å². The van der Waals surface area contributed by atoms with Crippen molar-refractivity contribution in [2.24, 2.45) is 0 Å². The Morgan fingerprint density at radius 3 is 2.48 bits per heavy atom. The van der Waals surface area contributed by atoms with Crippen LogP contribution < -0.4 is 10.1 Å². The van der Waals surface area contributed by atoms with Gasteiger partial charge in [-0.2, -0.15) is 4.31 Å². The molecule has 1 saturated heterocycles. The number of aryl methyl sites for hydroxylation is 3. The van der Waals surface area contributed by atoms with Gasteiger partial charge in [-0.05, 0) is 63.4 Å². The minimum absolute atomic E-state index is 0.204. The highest BCUT2D eigenvalue weighted by Crippen LogP contribution is 2.26. The predicted molar refractivity (Wildman–Crippen MR) is 109 cm³/mol. The van der Waals surface area contributed by atoms with Gasteiger partial charge in [-0.25, -0.2) is 18.4 Å². The van der Waals surface area contributed by atoms with Crippen LogP contribution in [0.1, 0.15) is 36.7 Å². The number of piperidine rings is 1. The van der Waals surface area contributed by atoms with Gasteiger partial charge in [-0.15, -0.1) is 0 Å².